The van der Waals surface area contributed by atoms with E-state index in [1.54, 1.807) is 4.90 Å². The summed E-state index contributed by atoms with van der Waals surface area (Å²) in [6.07, 6.45) is 0.403. The summed E-state index contributed by atoms with van der Waals surface area (Å²) in [5.41, 5.74) is 0. The molecule has 1 radical (unpaired) electrons. The molecule has 3 nitrogen and oxygen atoms in total. The summed E-state index contributed by atoms with van der Waals surface area (Å²) in [6, 6.07) is 0. The monoisotopic (exact) mass is 114 g/mol. The molecule has 0 aromatic carbocycles. The van der Waals surface area contributed by atoms with Gasteiger partial charge >= 0.3 is 0 Å². The van der Waals surface area contributed by atoms with E-state index in [1.165, 1.54) is 6.92 Å². The highest BCUT2D eigenvalue weighted by atomic mass is 16.3. The molecule has 1 amide bonds. The van der Waals surface area contributed by atoms with Gasteiger partial charge in [-0.3, -0.25) is 4.79 Å². The molecular weight excluding hydrogens is 106 g/mol. The first-order chi connectivity index (χ1) is 3.70. The summed E-state index contributed by atoms with van der Waals surface area (Å²) >= 11 is 0. The summed E-state index contributed by atoms with van der Waals surface area (Å²) in [5, 5.41) is 8.59. The van der Waals surface area contributed by atoms with Gasteiger partial charge in [0.25, 0.3) is 0 Å². The Bertz CT molecular complexity index is 107. The standard InChI is InChI=1S/C5H8NO2/c1-4(7)6-2-5(8)3-6/h8H,2-3H2,1H3. The van der Waals surface area contributed by atoms with Crippen molar-refractivity contribution in [2.24, 2.45) is 0 Å². The molecule has 0 aromatic heterocycles. The minimum atomic E-state index is 0.0304. The van der Waals surface area contributed by atoms with Crippen LogP contribution in [0.4, 0.5) is 0 Å². The fourth-order valence-electron chi connectivity index (χ4n) is 0.617. The number of likely N-dealkylation sites (tertiary alicyclic amines) is 1. The topological polar surface area (TPSA) is 40.5 Å². The van der Waals surface area contributed by atoms with Gasteiger partial charge < -0.3 is 10.0 Å². The number of aliphatic hydroxyl groups is 1. The van der Waals surface area contributed by atoms with Crippen molar-refractivity contribution in [2.45, 2.75) is 6.92 Å². The summed E-state index contributed by atoms with van der Waals surface area (Å²) in [5.74, 6) is 0.0304. The van der Waals surface area contributed by atoms with Gasteiger partial charge in [-0.25, -0.2) is 0 Å². The molecule has 1 heterocycles. The van der Waals surface area contributed by atoms with Gasteiger partial charge in [0.2, 0.25) is 5.91 Å². The normalized spacial score (nSPS) is 20.5. The zero-order valence-corrected chi connectivity index (χ0v) is 4.72. The summed E-state index contributed by atoms with van der Waals surface area (Å²) in [7, 11) is 0. The van der Waals surface area contributed by atoms with Crippen LogP contribution in [0.15, 0.2) is 0 Å². The Hall–Kier alpha value is -0.570. The van der Waals surface area contributed by atoms with Gasteiger partial charge in [-0.1, -0.05) is 0 Å². The molecule has 8 heavy (non-hydrogen) atoms. The SMILES string of the molecule is CC(=O)N1C[C](O)C1. The Labute approximate surface area is 47.9 Å². The maximum atomic E-state index is 10.4. The number of amides is 1. The number of carbonyl (C=O) groups is 1. The van der Waals surface area contributed by atoms with Gasteiger partial charge in [-0.05, 0) is 0 Å². The highest BCUT2D eigenvalue weighted by Gasteiger charge is 2.26. The van der Waals surface area contributed by atoms with Gasteiger partial charge in [0.15, 0.2) is 0 Å². The third-order valence-corrected chi connectivity index (χ3v) is 1.19. The number of hydrogen-bond acceptors (Lipinski definition) is 2. The average Bonchev–Trinajstić information content (AvgIpc) is 1.57. The zero-order valence-electron chi connectivity index (χ0n) is 4.72. The minimum absolute atomic E-state index is 0.0304. The van der Waals surface area contributed by atoms with Crippen LogP contribution in [0, 0.1) is 6.10 Å². The van der Waals surface area contributed by atoms with E-state index >= 15 is 0 Å². The molecule has 0 spiro atoms. The van der Waals surface area contributed by atoms with Gasteiger partial charge in [0, 0.05) is 6.92 Å². The smallest absolute Gasteiger partial charge is 0.219 e. The van der Waals surface area contributed by atoms with Crippen LogP contribution < -0.4 is 0 Å². The minimum Gasteiger partial charge on any atom is -0.383 e. The Morgan fingerprint density at radius 3 is 2.38 bits per heavy atom. The maximum absolute atomic E-state index is 10.4. The van der Waals surface area contributed by atoms with Crippen LogP contribution in [0.25, 0.3) is 0 Å². The number of nitrogens with zero attached hydrogens (tertiary/aromatic N) is 1. The van der Waals surface area contributed by atoms with Gasteiger partial charge in [0.05, 0.1) is 13.1 Å². The molecule has 1 aliphatic heterocycles. The lowest BCUT2D eigenvalue weighted by Gasteiger charge is -2.33. The predicted molar refractivity (Wildman–Crippen MR) is 27.4 cm³/mol. The van der Waals surface area contributed by atoms with Crippen LogP contribution in [0.5, 0.6) is 0 Å². The molecule has 0 aromatic rings. The lowest BCUT2D eigenvalue weighted by atomic mass is 10.2. The molecule has 0 atom stereocenters. The third kappa shape index (κ3) is 0.816. The van der Waals surface area contributed by atoms with Crippen LogP contribution in [-0.4, -0.2) is 29.0 Å². The van der Waals surface area contributed by atoms with Crippen molar-refractivity contribution in [2.75, 3.05) is 13.1 Å². The van der Waals surface area contributed by atoms with E-state index in [0.717, 1.165) is 0 Å². The van der Waals surface area contributed by atoms with Crippen molar-refractivity contribution in [1.29, 1.82) is 0 Å². The first-order valence-corrected chi connectivity index (χ1v) is 2.49. The van der Waals surface area contributed by atoms with E-state index in [0.29, 0.717) is 19.2 Å². The second-order valence-electron chi connectivity index (χ2n) is 1.94. The highest BCUT2D eigenvalue weighted by molar-refractivity contribution is 5.74. The van der Waals surface area contributed by atoms with E-state index in [9.17, 15) is 4.79 Å². The Balaban J connectivity index is 2.25. The number of hydrogen-bond donors (Lipinski definition) is 1. The second-order valence-corrected chi connectivity index (χ2v) is 1.94. The van der Waals surface area contributed by atoms with Crippen molar-refractivity contribution in [1.82, 2.24) is 4.90 Å². The van der Waals surface area contributed by atoms with Gasteiger partial charge in [-0.15, -0.1) is 0 Å². The van der Waals surface area contributed by atoms with Gasteiger partial charge in [-0.2, -0.15) is 0 Å². The van der Waals surface area contributed by atoms with Crippen molar-refractivity contribution >= 4 is 5.91 Å². The van der Waals surface area contributed by atoms with E-state index in [-0.39, 0.29) is 5.91 Å². The molecule has 1 fully saturated rings. The van der Waals surface area contributed by atoms with Crippen molar-refractivity contribution < 1.29 is 9.90 Å². The third-order valence-electron chi connectivity index (χ3n) is 1.19. The van der Waals surface area contributed by atoms with Crippen LogP contribution >= 0.6 is 0 Å². The summed E-state index contributed by atoms with van der Waals surface area (Å²) in [4.78, 5) is 11.9. The van der Waals surface area contributed by atoms with Crippen molar-refractivity contribution in [3.63, 3.8) is 0 Å². The molecule has 3 heteroatoms. The van der Waals surface area contributed by atoms with Crippen LogP contribution in [0.1, 0.15) is 6.92 Å². The Morgan fingerprint density at radius 2 is 2.25 bits per heavy atom. The van der Waals surface area contributed by atoms with Crippen LogP contribution in [-0.2, 0) is 4.79 Å². The van der Waals surface area contributed by atoms with Gasteiger partial charge in [0.1, 0.15) is 6.10 Å². The number of carbonyl (C=O) groups excluding carboxylic acids is 1. The molecule has 1 saturated heterocycles. The Morgan fingerprint density at radius 1 is 1.75 bits per heavy atom. The van der Waals surface area contributed by atoms with E-state index in [2.05, 4.69) is 0 Å². The van der Waals surface area contributed by atoms with Crippen LogP contribution in [0.2, 0.25) is 0 Å². The molecule has 0 aliphatic carbocycles. The molecule has 1 rings (SSSR count). The maximum Gasteiger partial charge on any atom is 0.219 e. The van der Waals surface area contributed by atoms with E-state index in [4.69, 9.17) is 5.11 Å². The van der Waals surface area contributed by atoms with E-state index < -0.39 is 0 Å². The highest BCUT2D eigenvalue weighted by Crippen LogP contribution is 2.12. The first kappa shape index (κ1) is 5.56. The number of aliphatic hydroxyl groups excluding tert-OH is 1. The fourth-order valence-corrected chi connectivity index (χ4v) is 0.617. The lowest BCUT2D eigenvalue weighted by molar-refractivity contribution is -0.133. The molecule has 0 unspecified atom stereocenters. The van der Waals surface area contributed by atoms with Crippen molar-refractivity contribution in [3.8, 4) is 0 Å². The zero-order chi connectivity index (χ0) is 6.15. The quantitative estimate of drug-likeness (QED) is 0.472. The summed E-state index contributed by atoms with van der Waals surface area (Å²) < 4.78 is 0. The first-order valence-electron chi connectivity index (χ1n) is 2.49. The van der Waals surface area contributed by atoms with Crippen molar-refractivity contribution in [3.05, 3.63) is 6.10 Å². The summed E-state index contributed by atoms with van der Waals surface area (Å²) in [6.45, 7) is 2.37. The number of rotatable bonds is 0. The second kappa shape index (κ2) is 1.74. The predicted octanol–water partition coefficient (Wildman–Crippen LogP) is -0.247. The molecule has 45 valence electrons. The molecule has 0 saturated carbocycles. The van der Waals surface area contributed by atoms with E-state index in [1.807, 2.05) is 0 Å². The fraction of sp³-hybridized carbons (Fsp3) is 0.600. The molecule has 1 N–H and O–H groups in total. The van der Waals surface area contributed by atoms with Crippen LogP contribution in [0.3, 0.4) is 0 Å². The average molecular weight is 114 g/mol. The largest absolute Gasteiger partial charge is 0.383 e. The molecular formula is C5H8NO2. The Kier molecular flexibility index (Phi) is 1.21. The molecule has 1 aliphatic rings. The lowest BCUT2D eigenvalue weighted by Crippen LogP contribution is -2.47. The molecule has 0 bridgehead atoms.